The molecule has 0 heterocycles. The molecular weight excluding hydrogens is 190 g/mol. The van der Waals surface area contributed by atoms with Gasteiger partial charge in [-0.05, 0) is 11.6 Å². The lowest BCUT2D eigenvalue weighted by Gasteiger charge is -2.12. The van der Waals surface area contributed by atoms with Crippen LogP contribution in [0.2, 0.25) is 5.02 Å². The first-order valence-corrected chi connectivity index (χ1v) is 4.19. The van der Waals surface area contributed by atoms with Crippen molar-refractivity contribution in [3.63, 3.8) is 0 Å². The number of nitrogens with zero attached hydrogens (tertiary/aromatic N) is 1. The highest BCUT2D eigenvalue weighted by atomic mass is 35.5. The fourth-order valence-corrected chi connectivity index (χ4v) is 1.09. The van der Waals surface area contributed by atoms with Gasteiger partial charge >= 0.3 is 0 Å². The van der Waals surface area contributed by atoms with E-state index in [1.165, 1.54) is 6.92 Å². The van der Waals surface area contributed by atoms with Gasteiger partial charge in [0.1, 0.15) is 0 Å². The lowest BCUT2D eigenvalue weighted by atomic mass is 10.2. The summed E-state index contributed by atoms with van der Waals surface area (Å²) in [6, 6.07) is 7.07. The number of hydroxylamine groups is 2. The average Bonchev–Trinajstić information content (AvgIpc) is 2.08. The molecular formula is C9H10ClNO2. The Bertz CT molecular complexity index is 314. The molecule has 1 amide bonds. The minimum atomic E-state index is -0.403. The highest BCUT2D eigenvalue weighted by Crippen LogP contribution is 2.16. The summed E-state index contributed by atoms with van der Waals surface area (Å²) >= 11 is 5.82. The van der Waals surface area contributed by atoms with Crippen LogP contribution in [-0.2, 0) is 11.3 Å². The third-order valence-electron chi connectivity index (χ3n) is 1.64. The van der Waals surface area contributed by atoms with E-state index in [2.05, 4.69) is 0 Å². The van der Waals surface area contributed by atoms with E-state index < -0.39 is 5.91 Å². The van der Waals surface area contributed by atoms with Gasteiger partial charge in [-0.25, -0.2) is 5.06 Å². The van der Waals surface area contributed by atoms with Crippen molar-refractivity contribution in [2.24, 2.45) is 0 Å². The van der Waals surface area contributed by atoms with Crippen molar-refractivity contribution >= 4 is 17.5 Å². The third-order valence-corrected chi connectivity index (χ3v) is 2.01. The molecule has 0 saturated heterocycles. The van der Waals surface area contributed by atoms with E-state index in [-0.39, 0.29) is 6.54 Å². The van der Waals surface area contributed by atoms with E-state index in [0.29, 0.717) is 10.1 Å². The molecule has 13 heavy (non-hydrogen) atoms. The van der Waals surface area contributed by atoms with Crippen molar-refractivity contribution in [2.45, 2.75) is 13.5 Å². The fraction of sp³-hybridized carbons (Fsp3) is 0.222. The smallest absolute Gasteiger partial charge is 0.243 e. The Morgan fingerprint density at radius 1 is 1.54 bits per heavy atom. The van der Waals surface area contributed by atoms with Gasteiger partial charge in [0.05, 0.1) is 6.54 Å². The Morgan fingerprint density at radius 3 is 2.69 bits per heavy atom. The standard InChI is InChI=1S/C9H10ClNO2/c1-7(12)11(13)6-8-4-2-3-5-9(8)10/h2-5,13H,6H2,1H3. The largest absolute Gasteiger partial charge is 0.286 e. The second-order valence-electron chi connectivity index (χ2n) is 2.67. The topological polar surface area (TPSA) is 40.5 Å². The van der Waals surface area contributed by atoms with Crippen LogP contribution in [-0.4, -0.2) is 16.2 Å². The van der Waals surface area contributed by atoms with Crippen molar-refractivity contribution in [3.8, 4) is 0 Å². The van der Waals surface area contributed by atoms with Gasteiger partial charge in [0, 0.05) is 11.9 Å². The van der Waals surface area contributed by atoms with Crippen LogP contribution in [0, 0.1) is 0 Å². The summed E-state index contributed by atoms with van der Waals surface area (Å²) in [5.41, 5.74) is 0.724. The van der Waals surface area contributed by atoms with E-state index in [9.17, 15) is 4.79 Å². The van der Waals surface area contributed by atoms with Crippen LogP contribution in [0.4, 0.5) is 0 Å². The van der Waals surface area contributed by atoms with Crippen LogP contribution in [0.1, 0.15) is 12.5 Å². The third kappa shape index (κ3) is 2.72. The zero-order chi connectivity index (χ0) is 9.84. The van der Waals surface area contributed by atoms with Crippen LogP contribution in [0.3, 0.4) is 0 Å². The maximum absolute atomic E-state index is 10.7. The zero-order valence-corrected chi connectivity index (χ0v) is 7.95. The molecule has 1 aromatic rings. The molecule has 0 atom stereocenters. The minimum Gasteiger partial charge on any atom is -0.286 e. The summed E-state index contributed by atoms with van der Waals surface area (Å²) in [5.74, 6) is -0.403. The molecule has 1 N–H and O–H groups in total. The molecule has 1 aromatic carbocycles. The number of benzene rings is 1. The first-order chi connectivity index (χ1) is 6.11. The molecule has 0 spiro atoms. The summed E-state index contributed by atoms with van der Waals surface area (Å²) in [6.45, 7) is 1.41. The Kier molecular flexibility index (Phi) is 3.28. The molecule has 0 aliphatic heterocycles. The monoisotopic (exact) mass is 199 g/mol. The Labute approximate surface area is 81.5 Å². The van der Waals surface area contributed by atoms with Crippen LogP contribution in [0.5, 0.6) is 0 Å². The molecule has 0 fully saturated rings. The lowest BCUT2D eigenvalue weighted by molar-refractivity contribution is -0.165. The van der Waals surface area contributed by atoms with E-state index >= 15 is 0 Å². The molecule has 70 valence electrons. The first kappa shape index (κ1) is 10.0. The quantitative estimate of drug-likeness (QED) is 0.585. The van der Waals surface area contributed by atoms with Crippen LogP contribution < -0.4 is 0 Å². The lowest BCUT2D eigenvalue weighted by Crippen LogP contribution is -2.23. The molecule has 1 rings (SSSR count). The number of amides is 1. The molecule has 0 saturated carbocycles. The van der Waals surface area contributed by atoms with Gasteiger partial charge in [-0.2, -0.15) is 0 Å². The van der Waals surface area contributed by atoms with Crippen molar-refractivity contribution in [1.29, 1.82) is 0 Å². The van der Waals surface area contributed by atoms with Gasteiger partial charge in [0.2, 0.25) is 5.91 Å². The summed E-state index contributed by atoms with van der Waals surface area (Å²) in [5, 5.41) is 10.3. The van der Waals surface area contributed by atoms with E-state index in [0.717, 1.165) is 5.56 Å². The van der Waals surface area contributed by atoms with Gasteiger partial charge < -0.3 is 0 Å². The number of hydrogen-bond donors (Lipinski definition) is 1. The van der Waals surface area contributed by atoms with Crippen LogP contribution in [0.25, 0.3) is 0 Å². The number of halogens is 1. The van der Waals surface area contributed by atoms with Gasteiger partial charge in [-0.15, -0.1) is 0 Å². The number of carbonyl (C=O) groups is 1. The maximum Gasteiger partial charge on any atom is 0.243 e. The highest BCUT2D eigenvalue weighted by Gasteiger charge is 2.07. The molecule has 4 heteroatoms. The molecule has 0 aliphatic carbocycles. The molecule has 3 nitrogen and oxygen atoms in total. The molecule has 0 aromatic heterocycles. The van der Waals surface area contributed by atoms with E-state index in [4.69, 9.17) is 16.8 Å². The molecule has 0 radical (unpaired) electrons. The number of carbonyl (C=O) groups excluding carboxylic acids is 1. The summed E-state index contributed by atoms with van der Waals surface area (Å²) in [7, 11) is 0. The highest BCUT2D eigenvalue weighted by molar-refractivity contribution is 6.31. The fourth-order valence-electron chi connectivity index (χ4n) is 0.899. The summed E-state index contributed by atoms with van der Waals surface area (Å²) < 4.78 is 0. The summed E-state index contributed by atoms with van der Waals surface area (Å²) in [6.07, 6.45) is 0. The van der Waals surface area contributed by atoms with Gasteiger partial charge in [-0.1, -0.05) is 29.8 Å². The van der Waals surface area contributed by atoms with Gasteiger partial charge in [-0.3, -0.25) is 10.0 Å². The van der Waals surface area contributed by atoms with Crippen molar-refractivity contribution < 1.29 is 10.0 Å². The Morgan fingerprint density at radius 2 is 2.15 bits per heavy atom. The molecule has 0 aliphatic rings. The van der Waals surface area contributed by atoms with Crippen molar-refractivity contribution in [2.75, 3.05) is 0 Å². The number of hydrogen-bond acceptors (Lipinski definition) is 2. The normalized spacial score (nSPS) is 9.77. The van der Waals surface area contributed by atoms with E-state index in [1.807, 2.05) is 0 Å². The molecule has 0 bridgehead atoms. The maximum atomic E-state index is 10.7. The second kappa shape index (κ2) is 4.25. The molecule has 0 unspecified atom stereocenters. The zero-order valence-electron chi connectivity index (χ0n) is 7.20. The van der Waals surface area contributed by atoms with Crippen LogP contribution >= 0.6 is 11.6 Å². The average molecular weight is 200 g/mol. The van der Waals surface area contributed by atoms with Crippen molar-refractivity contribution in [3.05, 3.63) is 34.9 Å². The van der Waals surface area contributed by atoms with Gasteiger partial charge in [0.15, 0.2) is 0 Å². The minimum absolute atomic E-state index is 0.120. The first-order valence-electron chi connectivity index (χ1n) is 3.81. The Balaban J connectivity index is 2.74. The van der Waals surface area contributed by atoms with Crippen LogP contribution in [0.15, 0.2) is 24.3 Å². The Hall–Kier alpha value is -1.06. The van der Waals surface area contributed by atoms with Gasteiger partial charge in [0.25, 0.3) is 0 Å². The summed E-state index contributed by atoms with van der Waals surface area (Å²) in [4.78, 5) is 10.7. The van der Waals surface area contributed by atoms with E-state index in [1.54, 1.807) is 24.3 Å². The predicted molar refractivity (Wildman–Crippen MR) is 49.5 cm³/mol. The second-order valence-corrected chi connectivity index (χ2v) is 3.08. The van der Waals surface area contributed by atoms with Crippen molar-refractivity contribution in [1.82, 2.24) is 5.06 Å². The number of rotatable bonds is 2. The predicted octanol–water partition coefficient (Wildman–Crippen LogP) is 2.08. The SMILES string of the molecule is CC(=O)N(O)Cc1ccccc1Cl.